The van der Waals surface area contributed by atoms with Crippen molar-refractivity contribution in [2.75, 3.05) is 24.5 Å². The lowest BCUT2D eigenvalue weighted by atomic mass is 10.0. The molecule has 3 aromatic heterocycles. The number of imidazole rings is 1. The molecule has 12 heteroatoms. The Morgan fingerprint density at radius 3 is 2.58 bits per heavy atom. The van der Waals surface area contributed by atoms with Crippen LogP contribution in [0.4, 0.5) is 16.3 Å². The van der Waals surface area contributed by atoms with Crippen LogP contribution in [0.25, 0.3) is 17.0 Å². The first-order chi connectivity index (χ1) is 18.1. The Kier molecular flexibility index (Phi) is 6.31. The molecule has 1 N–H and O–H groups in total. The zero-order valence-corrected chi connectivity index (χ0v) is 21.2. The van der Waals surface area contributed by atoms with Gasteiger partial charge in [0.05, 0.1) is 16.5 Å². The molecule has 38 heavy (non-hydrogen) atoms. The standard InChI is InChI=1S/C26H27N7O5/c1-26(2,3)38-25(35)30-14-15-31(20(16-30)17-8-5-4-6-9-17)21-12-11-19(33(36)37)23(28-21)32-18-10-7-13-27-22(18)29-24(32)34/h4-13,20H,14-16H2,1-3H3,(H,27,29,34). The predicted octanol–water partition coefficient (Wildman–Crippen LogP) is 3.82. The van der Waals surface area contributed by atoms with Crippen LogP contribution < -0.4 is 10.6 Å². The number of nitrogens with one attached hydrogen (secondary N) is 1. The number of anilines is 1. The summed E-state index contributed by atoms with van der Waals surface area (Å²) in [5.41, 5.74) is 0.0833. The number of rotatable bonds is 4. The molecule has 0 aliphatic carbocycles. The van der Waals surface area contributed by atoms with Crippen molar-refractivity contribution in [2.24, 2.45) is 0 Å². The highest BCUT2D eigenvalue weighted by Crippen LogP contribution is 2.33. The van der Waals surface area contributed by atoms with E-state index in [0.29, 0.717) is 36.6 Å². The Labute approximate surface area is 217 Å². The van der Waals surface area contributed by atoms with Gasteiger partial charge in [0, 0.05) is 31.9 Å². The van der Waals surface area contributed by atoms with Gasteiger partial charge < -0.3 is 14.5 Å². The van der Waals surface area contributed by atoms with Crippen molar-refractivity contribution in [3.63, 3.8) is 0 Å². The number of hydrogen-bond donors (Lipinski definition) is 1. The number of carbonyl (C=O) groups excluding carboxylic acids is 1. The van der Waals surface area contributed by atoms with Crippen LogP contribution in [0.5, 0.6) is 0 Å². The number of ether oxygens (including phenoxy) is 1. The van der Waals surface area contributed by atoms with Crippen LogP contribution >= 0.6 is 0 Å². The van der Waals surface area contributed by atoms with Crippen LogP contribution in [0.15, 0.2) is 65.6 Å². The van der Waals surface area contributed by atoms with E-state index in [0.717, 1.165) is 5.56 Å². The molecule has 1 fully saturated rings. The van der Waals surface area contributed by atoms with Gasteiger partial charge in [-0.1, -0.05) is 30.3 Å². The summed E-state index contributed by atoms with van der Waals surface area (Å²) in [5, 5.41) is 11.9. The first kappa shape index (κ1) is 24.9. The maximum absolute atomic E-state index is 12.9. The minimum Gasteiger partial charge on any atom is -0.444 e. The molecule has 196 valence electrons. The zero-order chi connectivity index (χ0) is 27.0. The van der Waals surface area contributed by atoms with Gasteiger partial charge in [0.15, 0.2) is 5.65 Å². The highest BCUT2D eigenvalue weighted by molar-refractivity contribution is 5.74. The maximum atomic E-state index is 12.9. The molecule has 4 heterocycles. The van der Waals surface area contributed by atoms with E-state index in [2.05, 4.69) is 15.0 Å². The van der Waals surface area contributed by atoms with E-state index in [4.69, 9.17) is 4.74 Å². The highest BCUT2D eigenvalue weighted by Gasteiger charge is 2.34. The first-order valence-electron chi connectivity index (χ1n) is 12.1. The van der Waals surface area contributed by atoms with Gasteiger partial charge in [-0.05, 0) is 44.5 Å². The molecule has 1 atom stereocenters. The SMILES string of the molecule is CC(C)(C)OC(=O)N1CCN(c2ccc([N+](=O)[O-])c(-n3c(=O)[nH]c4ncccc43)n2)C(c2ccccc2)C1. The van der Waals surface area contributed by atoms with E-state index in [1.54, 1.807) is 23.1 Å². The molecule has 0 bridgehead atoms. The minimum absolute atomic E-state index is 0.113. The minimum atomic E-state index is -0.632. The Morgan fingerprint density at radius 1 is 1.11 bits per heavy atom. The average molecular weight is 518 g/mol. The number of benzene rings is 1. The number of nitrogens with zero attached hydrogens (tertiary/aromatic N) is 6. The largest absolute Gasteiger partial charge is 0.444 e. The molecule has 5 rings (SSSR count). The third-order valence-electron chi connectivity index (χ3n) is 6.21. The van der Waals surface area contributed by atoms with E-state index in [1.165, 1.54) is 16.8 Å². The van der Waals surface area contributed by atoms with Crippen molar-refractivity contribution in [1.82, 2.24) is 24.4 Å². The number of H-pyrrole nitrogens is 1. The summed E-state index contributed by atoms with van der Waals surface area (Å²) >= 11 is 0. The average Bonchev–Trinajstić information content (AvgIpc) is 3.23. The van der Waals surface area contributed by atoms with Crippen LogP contribution in [0, 0.1) is 10.1 Å². The van der Waals surface area contributed by atoms with Crippen molar-refractivity contribution < 1.29 is 14.5 Å². The van der Waals surface area contributed by atoms with Crippen molar-refractivity contribution in [3.05, 3.63) is 87.0 Å². The van der Waals surface area contributed by atoms with E-state index in [1.807, 2.05) is 56.0 Å². The van der Waals surface area contributed by atoms with Gasteiger partial charge in [0.2, 0.25) is 5.82 Å². The van der Waals surface area contributed by atoms with Gasteiger partial charge in [0.25, 0.3) is 0 Å². The summed E-state index contributed by atoms with van der Waals surface area (Å²) in [7, 11) is 0. The molecule has 0 saturated carbocycles. The van der Waals surface area contributed by atoms with Crippen LogP contribution in [0.1, 0.15) is 32.4 Å². The Morgan fingerprint density at radius 2 is 1.87 bits per heavy atom. The number of carbonyl (C=O) groups is 1. The third-order valence-corrected chi connectivity index (χ3v) is 6.21. The van der Waals surface area contributed by atoms with Gasteiger partial charge >= 0.3 is 17.5 Å². The second kappa shape index (κ2) is 9.61. The summed E-state index contributed by atoms with van der Waals surface area (Å²) in [6, 6.07) is 15.5. The maximum Gasteiger partial charge on any atom is 0.410 e. The first-order valence-corrected chi connectivity index (χ1v) is 12.1. The summed E-state index contributed by atoms with van der Waals surface area (Å²) in [6.45, 7) is 6.54. The Hall–Kier alpha value is -4.74. The van der Waals surface area contributed by atoms with E-state index >= 15 is 0 Å². The lowest BCUT2D eigenvalue weighted by molar-refractivity contribution is -0.384. The van der Waals surface area contributed by atoms with Crippen LogP contribution in [0.2, 0.25) is 0 Å². The lowest BCUT2D eigenvalue weighted by Crippen LogP contribution is -2.52. The monoisotopic (exact) mass is 517 g/mol. The molecule has 4 aromatic rings. The van der Waals surface area contributed by atoms with Gasteiger partial charge in [0.1, 0.15) is 11.4 Å². The summed E-state index contributed by atoms with van der Waals surface area (Å²) in [6.07, 6.45) is 1.11. The fourth-order valence-corrected chi connectivity index (χ4v) is 4.56. The Balaban J connectivity index is 1.58. The second-order valence-electron chi connectivity index (χ2n) is 9.95. The molecule has 1 amide bonds. The van der Waals surface area contributed by atoms with Crippen molar-refractivity contribution >= 4 is 28.8 Å². The highest BCUT2D eigenvalue weighted by atomic mass is 16.6. The summed E-state index contributed by atoms with van der Waals surface area (Å²) < 4.78 is 6.76. The van der Waals surface area contributed by atoms with Gasteiger partial charge in [-0.2, -0.15) is 0 Å². The van der Waals surface area contributed by atoms with Crippen molar-refractivity contribution in [1.29, 1.82) is 0 Å². The van der Waals surface area contributed by atoms with E-state index < -0.39 is 22.3 Å². The molecule has 0 spiro atoms. The topological polar surface area (TPSA) is 139 Å². The number of fused-ring (bicyclic) bond motifs is 1. The summed E-state index contributed by atoms with van der Waals surface area (Å²) in [4.78, 5) is 52.1. The molecule has 1 aliphatic rings. The third kappa shape index (κ3) is 4.80. The zero-order valence-electron chi connectivity index (χ0n) is 21.2. The molecular weight excluding hydrogens is 490 g/mol. The fraction of sp³-hybridized carbons (Fsp3) is 0.308. The number of piperazine rings is 1. The quantitative estimate of drug-likeness (QED) is 0.318. The number of hydrogen-bond acceptors (Lipinski definition) is 8. The molecule has 1 saturated heterocycles. The molecule has 1 unspecified atom stereocenters. The number of aromatic nitrogens is 4. The van der Waals surface area contributed by atoms with Crippen molar-refractivity contribution in [3.8, 4) is 5.82 Å². The van der Waals surface area contributed by atoms with E-state index in [-0.39, 0.29) is 17.5 Å². The van der Waals surface area contributed by atoms with Gasteiger partial charge in [-0.25, -0.2) is 24.1 Å². The lowest BCUT2D eigenvalue weighted by Gasteiger charge is -2.42. The smallest absolute Gasteiger partial charge is 0.410 e. The van der Waals surface area contributed by atoms with E-state index in [9.17, 15) is 19.7 Å². The number of nitro groups is 1. The van der Waals surface area contributed by atoms with Gasteiger partial charge in [-0.15, -0.1) is 0 Å². The fourth-order valence-electron chi connectivity index (χ4n) is 4.56. The predicted molar refractivity (Wildman–Crippen MR) is 140 cm³/mol. The number of aromatic amines is 1. The number of amides is 1. The Bertz CT molecular complexity index is 1560. The number of pyridine rings is 2. The molecule has 12 nitrogen and oxygen atoms in total. The molecule has 1 aliphatic heterocycles. The van der Waals surface area contributed by atoms with Gasteiger partial charge in [-0.3, -0.25) is 15.1 Å². The second-order valence-corrected chi connectivity index (χ2v) is 9.95. The van der Waals surface area contributed by atoms with Crippen LogP contribution in [0.3, 0.4) is 0 Å². The normalized spacial score (nSPS) is 16.0. The molecular formula is C26H27N7O5. The molecule has 0 radical (unpaired) electrons. The molecule has 1 aromatic carbocycles. The van der Waals surface area contributed by atoms with Crippen LogP contribution in [-0.2, 0) is 4.74 Å². The van der Waals surface area contributed by atoms with Crippen LogP contribution in [-0.4, -0.2) is 60.7 Å². The van der Waals surface area contributed by atoms with Crippen molar-refractivity contribution in [2.45, 2.75) is 32.4 Å². The summed E-state index contributed by atoms with van der Waals surface area (Å²) in [5.74, 6) is 0.326.